The summed E-state index contributed by atoms with van der Waals surface area (Å²) in [5, 5.41) is 27.4. The van der Waals surface area contributed by atoms with Gasteiger partial charge in [-0.15, -0.1) is 0 Å². The Morgan fingerprint density at radius 2 is 1.67 bits per heavy atom. The van der Waals surface area contributed by atoms with Crippen LogP contribution >= 0.6 is 0 Å². The molecule has 0 aromatic rings. The van der Waals surface area contributed by atoms with Gasteiger partial charge in [0.25, 0.3) is 0 Å². The van der Waals surface area contributed by atoms with Gasteiger partial charge in [0.1, 0.15) is 6.29 Å². The summed E-state index contributed by atoms with van der Waals surface area (Å²) in [5.74, 6) is -3.96. The summed E-state index contributed by atoms with van der Waals surface area (Å²) in [7, 11) is 0. The predicted octanol–water partition coefficient (Wildman–Crippen LogP) is -1.55. The van der Waals surface area contributed by atoms with Crippen LogP contribution in [0.4, 0.5) is 0 Å². The Bertz CT molecular complexity index is 184. The summed E-state index contributed by atoms with van der Waals surface area (Å²) < 4.78 is 0. The van der Waals surface area contributed by atoms with Crippen molar-refractivity contribution < 1.29 is 24.9 Å². The number of hydrogen-bond donors (Lipinski definition) is 3. The highest BCUT2D eigenvalue weighted by molar-refractivity contribution is 5.66. The minimum Gasteiger partial charge on any atom is -0.377 e. The monoisotopic (exact) mass is 176 g/mol. The van der Waals surface area contributed by atoms with Crippen LogP contribution in [0.1, 0.15) is 13.8 Å². The summed E-state index contributed by atoms with van der Waals surface area (Å²) in [6.07, 6.45) is 0.227. The maximum atomic E-state index is 10.2. The molecule has 2 atom stereocenters. The first-order valence-corrected chi connectivity index (χ1v) is 3.38. The first-order valence-electron chi connectivity index (χ1n) is 3.38. The van der Waals surface area contributed by atoms with Crippen molar-refractivity contribution in [1.82, 2.24) is 0 Å². The summed E-state index contributed by atoms with van der Waals surface area (Å²) in [6.45, 7) is 2.10. The molecule has 0 aliphatic heterocycles. The number of carbonyl (C=O) groups excluding carboxylic acids is 2. The molecule has 0 fully saturated rings. The van der Waals surface area contributed by atoms with E-state index < -0.39 is 17.3 Å². The molecule has 0 saturated heterocycles. The van der Waals surface area contributed by atoms with Gasteiger partial charge in [0.2, 0.25) is 5.79 Å². The minimum atomic E-state index is -2.73. The topological polar surface area (TPSA) is 94.8 Å². The Morgan fingerprint density at radius 3 is 1.92 bits per heavy atom. The zero-order chi connectivity index (χ0) is 9.99. The van der Waals surface area contributed by atoms with Crippen LogP contribution < -0.4 is 0 Å². The van der Waals surface area contributed by atoms with Crippen molar-refractivity contribution in [3.05, 3.63) is 0 Å². The van der Waals surface area contributed by atoms with E-state index in [1.54, 1.807) is 0 Å². The summed E-state index contributed by atoms with van der Waals surface area (Å²) in [4.78, 5) is 20.4. The Hall–Kier alpha value is -0.780. The average molecular weight is 176 g/mol. The zero-order valence-corrected chi connectivity index (χ0v) is 6.89. The van der Waals surface area contributed by atoms with Gasteiger partial charge in [-0.2, -0.15) is 0 Å². The number of aliphatic hydroxyl groups is 3. The Labute approximate surface area is 69.6 Å². The number of aldehydes is 2. The molecule has 0 bridgehead atoms. The molecule has 5 heteroatoms. The third-order valence-electron chi connectivity index (χ3n) is 1.81. The van der Waals surface area contributed by atoms with E-state index in [2.05, 4.69) is 0 Å². The van der Waals surface area contributed by atoms with Crippen molar-refractivity contribution in [2.24, 2.45) is 5.92 Å². The summed E-state index contributed by atoms with van der Waals surface area (Å²) in [6, 6.07) is 0. The van der Waals surface area contributed by atoms with Crippen LogP contribution in [0.3, 0.4) is 0 Å². The normalized spacial score (nSPS) is 19.4. The molecule has 12 heavy (non-hydrogen) atoms. The molecule has 70 valence electrons. The molecular formula is C7H12O5. The Balaban J connectivity index is 4.81. The molecule has 0 aliphatic carbocycles. The Kier molecular flexibility index (Phi) is 3.09. The van der Waals surface area contributed by atoms with Gasteiger partial charge in [0.05, 0.1) is 5.92 Å². The molecule has 0 amide bonds. The van der Waals surface area contributed by atoms with Crippen molar-refractivity contribution in [3.8, 4) is 0 Å². The molecule has 2 unspecified atom stereocenters. The van der Waals surface area contributed by atoms with Gasteiger partial charge in [-0.05, 0) is 6.92 Å². The maximum Gasteiger partial charge on any atom is 0.208 e. The highest BCUT2D eigenvalue weighted by Crippen LogP contribution is 2.24. The Morgan fingerprint density at radius 1 is 1.25 bits per heavy atom. The lowest BCUT2D eigenvalue weighted by Gasteiger charge is -2.34. The van der Waals surface area contributed by atoms with Gasteiger partial charge >= 0.3 is 0 Å². The average Bonchev–Trinajstić information content (AvgIpc) is 2.02. The molecule has 5 nitrogen and oxygen atoms in total. The first kappa shape index (κ1) is 11.2. The van der Waals surface area contributed by atoms with Crippen molar-refractivity contribution in [2.75, 3.05) is 0 Å². The van der Waals surface area contributed by atoms with Gasteiger partial charge in [-0.1, -0.05) is 6.92 Å². The second-order valence-corrected chi connectivity index (χ2v) is 2.92. The van der Waals surface area contributed by atoms with E-state index in [9.17, 15) is 9.59 Å². The third kappa shape index (κ3) is 1.69. The lowest BCUT2D eigenvalue weighted by molar-refractivity contribution is -0.271. The van der Waals surface area contributed by atoms with E-state index >= 15 is 0 Å². The maximum absolute atomic E-state index is 10.2. The van der Waals surface area contributed by atoms with E-state index in [0.29, 0.717) is 0 Å². The molecule has 0 radical (unpaired) electrons. The van der Waals surface area contributed by atoms with Crippen LogP contribution in [0.2, 0.25) is 0 Å². The van der Waals surface area contributed by atoms with Crippen LogP contribution in [-0.2, 0) is 9.59 Å². The highest BCUT2D eigenvalue weighted by Gasteiger charge is 2.48. The van der Waals surface area contributed by atoms with E-state index in [0.717, 1.165) is 6.92 Å². The first-order chi connectivity index (χ1) is 5.29. The van der Waals surface area contributed by atoms with Gasteiger partial charge < -0.3 is 20.1 Å². The summed E-state index contributed by atoms with van der Waals surface area (Å²) in [5.41, 5.74) is -2.34. The fourth-order valence-electron chi connectivity index (χ4n) is 0.643. The molecule has 0 aliphatic rings. The van der Waals surface area contributed by atoms with Crippen molar-refractivity contribution in [2.45, 2.75) is 25.2 Å². The highest BCUT2D eigenvalue weighted by atomic mass is 16.5. The largest absolute Gasteiger partial charge is 0.377 e. The summed E-state index contributed by atoms with van der Waals surface area (Å²) >= 11 is 0. The fraction of sp³-hybridized carbons (Fsp3) is 0.714. The number of carbonyl (C=O) groups is 2. The van der Waals surface area contributed by atoms with Crippen molar-refractivity contribution in [3.63, 3.8) is 0 Å². The second kappa shape index (κ2) is 3.30. The lowest BCUT2D eigenvalue weighted by atomic mass is 9.87. The standard InChI is InChI=1S/C7H12O5/c1-5(3-8)7(11,12)6(2,10)4-9/h3-5,10-12H,1-2H3. The molecule has 3 N–H and O–H groups in total. The molecule has 0 aromatic carbocycles. The van der Waals surface area contributed by atoms with E-state index in [1.807, 2.05) is 0 Å². The molecule has 0 aromatic heterocycles. The molecule has 0 heterocycles. The van der Waals surface area contributed by atoms with Crippen LogP contribution in [0.5, 0.6) is 0 Å². The van der Waals surface area contributed by atoms with Crippen LogP contribution in [0.15, 0.2) is 0 Å². The lowest BCUT2D eigenvalue weighted by Crippen LogP contribution is -2.57. The van der Waals surface area contributed by atoms with Gasteiger partial charge in [-0.25, -0.2) is 0 Å². The van der Waals surface area contributed by atoms with E-state index in [1.165, 1.54) is 6.92 Å². The van der Waals surface area contributed by atoms with Gasteiger partial charge in [-0.3, -0.25) is 4.79 Å². The zero-order valence-electron chi connectivity index (χ0n) is 6.89. The van der Waals surface area contributed by atoms with E-state index in [4.69, 9.17) is 15.3 Å². The predicted molar refractivity (Wildman–Crippen MR) is 39.1 cm³/mol. The van der Waals surface area contributed by atoms with Crippen molar-refractivity contribution in [1.29, 1.82) is 0 Å². The number of hydrogen-bond acceptors (Lipinski definition) is 5. The SMILES string of the molecule is CC(C=O)C(O)(O)C(C)(O)C=O. The molecule has 0 rings (SSSR count). The smallest absolute Gasteiger partial charge is 0.208 e. The van der Waals surface area contributed by atoms with E-state index in [-0.39, 0.29) is 12.6 Å². The molecule has 0 spiro atoms. The fourth-order valence-corrected chi connectivity index (χ4v) is 0.643. The number of rotatable bonds is 4. The molecule has 0 saturated carbocycles. The van der Waals surface area contributed by atoms with Crippen LogP contribution in [-0.4, -0.2) is 39.3 Å². The molecular weight excluding hydrogens is 164 g/mol. The second-order valence-electron chi connectivity index (χ2n) is 2.92. The van der Waals surface area contributed by atoms with Gasteiger partial charge in [0.15, 0.2) is 11.9 Å². The third-order valence-corrected chi connectivity index (χ3v) is 1.81. The van der Waals surface area contributed by atoms with Gasteiger partial charge in [0, 0.05) is 0 Å². The minimum absolute atomic E-state index is 0.0208. The quantitative estimate of drug-likeness (QED) is 0.356. The van der Waals surface area contributed by atoms with Crippen molar-refractivity contribution >= 4 is 12.6 Å². The van der Waals surface area contributed by atoms with Crippen LogP contribution in [0, 0.1) is 5.92 Å². The van der Waals surface area contributed by atoms with Crippen LogP contribution in [0.25, 0.3) is 0 Å².